The molecule has 1 aromatic carbocycles. The van der Waals surface area contributed by atoms with Gasteiger partial charge in [0.2, 0.25) is 0 Å². The Morgan fingerprint density at radius 2 is 2.13 bits per heavy atom. The van der Waals surface area contributed by atoms with E-state index in [4.69, 9.17) is 11.6 Å². The second-order valence-corrected chi connectivity index (χ2v) is 6.60. The largest absolute Gasteiger partial charge is 0.297 e. The minimum atomic E-state index is -0.277. The molecule has 0 aliphatic carbocycles. The van der Waals surface area contributed by atoms with Crippen molar-refractivity contribution in [3.8, 4) is 11.3 Å². The van der Waals surface area contributed by atoms with Crippen molar-refractivity contribution in [2.45, 2.75) is 19.8 Å². The lowest BCUT2D eigenvalue weighted by atomic mass is 10.1. The highest BCUT2D eigenvalue weighted by Crippen LogP contribution is 2.26. The average Bonchev–Trinajstić information content (AvgIpc) is 3.16. The van der Waals surface area contributed by atoms with Gasteiger partial charge in [-0.2, -0.15) is 5.10 Å². The van der Waals surface area contributed by atoms with Crippen molar-refractivity contribution in [3.05, 3.63) is 52.1 Å². The number of anilines is 1. The van der Waals surface area contributed by atoms with Crippen molar-refractivity contribution < 1.29 is 4.79 Å². The Hall–Kier alpha value is -2.18. The van der Waals surface area contributed by atoms with Crippen LogP contribution >= 0.6 is 22.9 Å². The number of aromatic nitrogens is 3. The van der Waals surface area contributed by atoms with E-state index in [2.05, 4.69) is 34.3 Å². The second kappa shape index (κ2) is 6.52. The van der Waals surface area contributed by atoms with E-state index in [1.807, 2.05) is 23.6 Å². The first kappa shape index (κ1) is 15.7. The van der Waals surface area contributed by atoms with Crippen LogP contribution in [0.2, 0.25) is 5.02 Å². The molecule has 1 amide bonds. The number of hydrogen-bond donors (Lipinski definition) is 2. The number of thiazole rings is 1. The molecule has 23 heavy (non-hydrogen) atoms. The lowest BCUT2D eigenvalue weighted by molar-refractivity contribution is 0.102. The number of nitrogens with zero attached hydrogens (tertiary/aromatic N) is 2. The summed E-state index contributed by atoms with van der Waals surface area (Å²) >= 11 is 7.56. The Morgan fingerprint density at radius 1 is 1.35 bits per heavy atom. The molecule has 5 nitrogen and oxygen atoms in total. The normalized spacial score (nSPS) is 11.0. The summed E-state index contributed by atoms with van der Waals surface area (Å²) in [5.74, 6) is 0.0522. The molecule has 3 aromatic rings. The van der Waals surface area contributed by atoms with E-state index >= 15 is 0 Å². The summed E-state index contributed by atoms with van der Waals surface area (Å²) in [5, 5.41) is 12.8. The molecule has 0 aliphatic rings. The molecule has 0 spiro atoms. The standard InChI is InChI=1S/C16H15ClN4OS/c1-9(2)14-8-23-16(18-14)19-15(22)13-7-12(20-21-13)10-5-3-4-6-11(10)17/h3-9H,1-2H3,(H,20,21)(H,18,19,22). The average molecular weight is 347 g/mol. The summed E-state index contributed by atoms with van der Waals surface area (Å²) in [4.78, 5) is 16.7. The van der Waals surface area contributed by atoms with Crippen LogP contribution in [0, 0.1) is 0 Å². The van der Waals surface area contributed by atoms with Gasteiger partial charge in [-0.25, -0.2) is 4.98 Å². The van der Waals surface area contributed by atoms with Gasteiger partial charge in [-0.15, -0.1) is 11.3 Å². The summed E-state index contributed by atoms with van der Waals surface area (Å²) in [5.41, 5.74) is 2.73. The van der Waals surface area contributed by atoms with Gasteiger partial charge >= 0.3 is 0 Å². The zero-order valence-electron chi connectivity index (χ0n) is 12.6. The van der Waals surface area contributed by atoms with Gasteiger partial charge in [-0.3, -0.25) is 15.2 Å². The van der Waals surface area contributed by atoms with Gasteiger partial charge in [0.15, 0.2) is 5.13 Å². The van der Waals surface area contributed by atoms with Crippen LogP contribution < -0.4 is 5.32 Å². The Bertz CT molecular complexity index is 840. The number of benzene rings is 1. The quantitative estimate of drug-likeness (QED) is 0.727. The maximum absolute atomic E-state index is 12.3. The van der Waals surface area contributed by atoms with Gasteiger partial charge in [-0.05, 0) is 18.1 Å². The molecule has 0 fully saturated rings. The summed E-state index contributed by atoms with van der Waals surface area (Å²) < 4.78 is 0. The van der Waals surface area contributed by atoms with E-state index in [1.165, 1.54) is 11.3 Å². The number of nitrogens with one attached hydrogen (secondary N) is 2. The first-order valence-electron chi connectivity index (χ1n) is 7.11. The molecule has 0 saturated carbocycles. The Labute approximate surface area is 142 Å². The third-order valence-corrected chi connectivity index (χ3v) is 4.41. The Kier molecular flexibility index (Phi) is 4.45. The number of rotatable bonds is 4. The molecule has 0 radical (unpaired) electrons. The molecule has 0 bridgehead atoms. The van der Waals surface area contributed by atoms with Crippen molar-refractivity contribution in [2.75, 3.05) is 5.32 Å². The molecule has 2 aromatic heterocycles. The third kappa shape index (κ3) is 3.43. The van der Waals surface area contributed by atoms with Crippen LogP contribution in [0.3, 0.4) is 0 Å². The zero-order valence-corrected chi connectivity index (χ0v) is 14.2. The van der Waals surface area contributed by atoms with Crippen LogP contribution in [-0.4, -0.2) is 21.1 Å². The van der Waals surface area contributed by atoms with Crippen LogP contribution in [0.25, 0.3) is 11.3 Å². The molecule has 3 rings (SSSR count). The molecule has 0 atom stereocenters. The van der Waals surface area contributed by atoms with E-state index in [-0.39, 0.29) is 5.91 Å². The number of carbonyl (C=O) groups is 1. The van der Waals surface area contributed by atoms with Gasteiger partial charge in [0.05, 0.1) is 16.4 Å². The molecular weight excluding hydrogens is 332 g/mol. The summed E-state index contributed by atoms with van der Waals surface area (Å²) in [6, 6.07) is 9.04. The highest BCUT2D eigenvalue weighted by Gasteiger charge is 2.14. The van der Waals surface area contributed by atoms with E-state index in [0.29, 0.717) is 27.5 Å². The lowest BCUT2D eigenvalue weighted by Crippen LogP contribution is -2.12. The van der Waals surface area contributed by atoms with Gasteiger partial charge in [0, 0.05) is 10.9 Å². The number of aromatic amines is 1. The van der Waals surface area contributed by atoms with Crippen LogP contribution in [-0.2, 0) is 0 Å². The van der Waals surface area contributed by atoms with Crippen LogP contribution in [0.5, 0.6) is 0 Å². The van der Waals surface area contributed by atoms with Crippen LogP contribution in [0.15, 0.2) is 35.7 Å². The SMILES string of the molecule is CC(C)c1csc(NC(=O)c2cc(-c3ccccc3Cl)n[nH]2)n1. The molecule has 0 aliphatic heterocycles. The predicted molar refractivity (Wildman–Crippen MR) is 93.2 cm³/mol. The predicted octanol–water partition coefficient (Wildman–Crippen LogP) is 4.56. The number of carbonyl (C=O) groups excluding carboxylic acids is 1. The summed E-state index contributed by atoms with van der Waals surface area (Å²) in [7, 11) is 0. The fourth-order valence-electron chi connectivity index (χ4n) is 2.02. The molecule has 2 heterocycles. The monoisotopic (exact) mass is 346 g/mol. The van der Waals surface area contributed by atoms with Crippen molar-refractivity contribution in [2.24, 2.45) is 0 Å². The molecule has 2 N–H and O–H groups in total. The minimum absolute atomic E-state index is 0.277. The molecule has 118 valence electrons. The number of hydrogen-bond acceptors (Lipinski definition) is 4. The summed E-state index contributed by atoms with van der Waals surface area (Å²) in [6.45, 7) is 4.12. The smallest absolute Gasteiger partial charge is 0.275 e. The highest BCUT2D eigenvalue weighted by molar-refractivity contribution is 7.14. The Balaban J connectivity index is 1.77. The third-order valence-electron chi connectivity index (χ3n) is 3.31. The molecule has 7 heteroatoms. The highest BCUT2D eigenvalue weighted by atomic mass is 35.5. The van der Waals surface area contributed by atoms with Gasteiger partial charge in [-0.1, -0.05) is 43.6 Å². The van der Waals surface area contributed by atoms with Gasteiger partial charge in [0.1, 0.15) is 5.69 Å². The summed E-state index contributed by atoms with van der Waals surface area (Å²) in [6.07, 6.45) is 0. The first-order valence-corrected chi connectivity index (χ1v) is 8.37. The fourth-order valence-corrected chi connectivity index (χ4v) is 3.12. The molecular formula is C16H15ClN4OS. The van der Waals surface area contributed by atoms with Gasteiger partial charge < -0.3 is 0 Å². The topological polar surface area (TPSA) is 70.7 Å². The van der Waals surface area contributed by atoms with E-state index in [0.717, 1.165) is 11.3 Å². The Morgan fingerprint density at radius 3 is 2.83 bits per heavy atom. The second-order valence-electron chi connectivity index (χ2n) is 5.33. The van der Waals surface area contributed by atoms with Crippen molar-refractivity contribution >= 4 is 34.0 Å². The van der Waals surface area contributed by atoms with E-state index < -0.39 is 0 Å². The van der Waals surface area contributed by atoms with Crippen molar-refractivity contribution in [1.82, 2.24) is 15.2 Å². The first-order chi connectivity index (χ1) is 11.0. The number of halogens is 1. The molecule has 0 saturated heterocycles. The maximum Gasteiger partial charge on any atom is 0.275 e. The van der Waals surface area contributed by atoms with E-state index in [1.54, 1.807) is 12.1 Å². The van der Waals surface area contributed by atoms with Crippen molar-refractivity contribution in [1.29, 1.82) is 0 Å². The molecule has 0 unspecified atom stereocenters. The van der Waals surface area contributed by atoms with Crippen molar-refractivity contribution in [3.63, 3.8) is 0 Å². The maximum atomic E-state index is 12.3. The number of H-pyrrole nitrogens is 1. The minimum Gasteiger partial charge on any atom is -0.297 e. The lowest BCUT2D eigenvalue weighted by Gasteiger charge is -1.99. The fraction of sp³-hybridized carbons (Fsp3) is 0.188. The van der Waals surface area contributed by atoms with E-state index in [9.17, 15) is 4.79 Å². The van der Waals surface area contributed by atoms with Crippen LogP contribution in [0.1, 0.15) is 35.9 Å². The zero-order chi connectivity index (χ0) is 16.4. The van der Waals surface area contributed by atoms with Gasteiger partial charge in [0.25, 0.3) is 5.91 Å². The van der Waals surface area contributed by atoms with Crippen LogP contribution in [0.4, 0.5) is 5.13 Å². The number of amides is 1.